The molecule has 1 aliphatic rings. The van der Waals surface area contributed by atoms with Gasteiger partial charge in [-0.25, -0.2) is 0 Å². The van der Waals surface area contributed by atoms with Crippen LogP contribution in [0.4, 0.5) is 0 Å². The Labute approximate surface area is 103 Å². The van der Waals surface area contributed by atoms with Crippen molar-refractivity contribution in [3.63, 3.8) is 0 Å². The van der Waals surface area contributed by atoms with E-state index in [0.29, 0.717) is 18.0 Å². The van der Waals surface area contributed by atoms with Crippen LogP contribution in [-0.2, 0) is 0 Å². The van der Waals surface area contributed by atoms with Gasteiger partial charge >= 0.3 is 0 Å². The molecule has 1 N–H and O–H groups in total. The Balaban J connectivity index is 2.22. The van der Waals surface area contributed by atoms with Gasteiger partial charge < -0.3 is 9.88 Å². The molecular formula is C14H22N2O. The van der Waals surface area contributed by atoms with E-state index in [-0.39, 0.29) is 5.91 Å². The number of amides is 1. The smallest absolute Gasteiger partial charge is 0.253 e. The van der Waals surface area contributed by atoms with Crippen LogP contribution in [0.5, 0.6) is 0 Å². The molecule has 0 atom stereocenters. The predicted octanol–water partition coefficient (Wildman–Crippen LogP) is 3.08. The second kappa shape index (κ2) is 4.55. The first kappa shape index (κ1) is 12.2. The van der Waals surface area contributed by atoms with Crippen molar-refractivity contribution in [2.75, 3.05) is 0 Å². The fourth-order valence-electron chi connectivity index (χ4n) is 2.03. The molecule has 0 saturated heterocycles. The molecule has 1 amide bonds. The minimum absolute atomic E-state index is 0.0776. The maximum absolute atomic E-state index is 12.0. The summed E-state index contributed by atoms with van der Waals surface area (Å²) < 4.78 is 2.20. The number of rotatable bonds is 4. The molecule has 1 aromatic heterocycles. The summed E-state index contributed by atoms with van der Waals surface area (Å²) in [5, 5.41) is 3.04. The molecule has 1 aromatic rings. The highest BCUT2D eigenvalue weighted by molar-refractivity contribution is 5.94. The number of nitrogens with zero attached hydrogens (tertiary/aromatic N) is 1. The van der Waals surface area contributed by atoms with Crippen molar-refractivity contribution >= 4 is 5.91 Å². The number of carbonyl (C=O) groups excluding carboxylic acids is 1. The van der Waals surface area contributed by atoms with Gasteiger partial charge in [-0.1, -0.05) is 13.8 Å². The van der Waals surface area contributed by atoms with Gasteiger partial charge in [0.15, 0.2) is 0 Å². The van der Waals surface area contributed by atoms with Crippen LogP contribution in [0.25, 0.3) is 0 Å². The Morgan fingerprint density at radius 2 is 2.00 bits per heavy atom. The summed E-state index contributed by atoms with van der Waals surface area (Å²) in [6.45, 7) is 8.62. The number of nitrogens with one attached hydrogen (secondary N) is 1. The Morgan fingerprint density at radius 3 is 2.41 bits per heavy atom. The van der Waals surface area contributed by atoms with E-state index in [0.717, 1.165) is 18.4 Å². The van der Waals surface area contributed by atoms with Gasteiger partial charge in [0, 0.05) is 24.0 Å². The molecule has 2 rings (SSSR count). The van der Waals surface area contributed by atoms with Crippen LogP contribution in [-0.4, -0.2) is 16.5 Å². The molecule has 1 aliphatic carbocycles. The summed E-state index contributed by atoms with van der Waals surface area (Å²) in [7, 11) is 0. The molecule has 17 heavy (non-hydrogen) atoms. The van der Waals surface area contributed by atoms with E-state index in [9.17, 15) is 4.79 Å². The SMILES string of the molecule is CC(C)c1cc(C(=O)NC2CC2)cn1C(C)C. The summed E-state index contributed by atoms with van der Waals surface area (Å²) in [5.74, 6) is 0.522. The largest absolute Gasteiger partial charge is 0.349 e. The highest BCUT2D eigenvalue weighted by atomic mass is 16.1. The molecule has 3 heteroatoms. The lowest BCUT2D eigenvalue weighted by atomic mass is 10.1. The number of aromatic nitrogens is 1. The Kier molecular flexibility index (Phi) is 3.27. The first-order chi connectivity index (χ1) is 7.99. The van der Waals surface area contributed by atoms with Gasteiger partial charge in [0.05, 0.1) is 5.56 Å². The average molecular weight is 234 g/mol. The third-order valence-electron chi connectivity index (χ3n) is 3.20. The van der Waals surface area contributed by atoms with Crippen LogP contribution in [0.2, 0.25) is 0 Å². The molecule has 1 heterocycles. The lowest BCUT2D eigenvalue weighted by Gasteiger charge is -2.14. The molecule has 0 radical (unpaired) electrons. The lowest BCUT2D eigenvalue weighted by molar-refractivity contribution is 0.0951. The number of hydrogen-bond acceptors (Lipinski definition) is 1. The van der Waals surface area contributed by atoms with Crippen molar-refractivity contribution in [1.29, 1.82) is 0 Å². The minimum Gasteiger partial charge on any atom is -0.349 e. The lowest BCUT2D eigenvalue weighted by Crippen LogP contribution is -2.24. The Hall–Kier alpha value is -1.25. The van der Waals surface area contributed by atoms with Gasteiger partial charge in [0.25, 0.3) is 5.91 Å². The van der Waals surface area contributed by atoms with Gasteiger partial charge in [-0.15, -0.1) is 0 Å². The van der Waals surface area contributed by atoms with Crippen molar-refractivity contribution < 1.29 is 4.79 Å². The molecule has 94 valence electrons. The fourth-order valence-corrected chi connectivity index (χ4v) is 2.03. The van der Waals surface area contributed by atoms with Crippen molar-refractivity contribution in [3.8, 4) is 0 Å². The van der Waals surface area contributed by atoms with Gasteiger partial charge in [0.1, 0.15) is 0 Å². The predicted molar refractivity (Wildman–Crippen MR) is 69.4 cm³/mol. The zero-order valence-corrected chi connectivity index (χ0v) is 11.2. The molecule has 0 bridgehead atoms. The van der Waals surface area contributed by atoms with Gasteiger partial charge in [-0.2, -0.15) is 0 Å². The van der Waals surface area contributed by atoms with Crippen LogP contribution < -0.4 is 5.32 Å². The molecule has 1 fully saturated rings. The molecule has 0 aliphatic heterocycles. The maximum atomic E-state index is 12.0. The van der Waals surface area contributed by atoms with E-state index < -0.39 is 0 Å². The van der Waals surface area contributed by atoms with E-state index in [1.807, 2.05) is 12.3 Å². The standard InChI is InChI=1S/C14H22N2O/c1-9(2)13-7-11(8-16(13)10(3)4)14(17)15-12-5-6-12/h7-10,12H,5-6H2,1-4H3,(H,15,17). The zero-order chi connectivity index (χ0) is 12.6. The van der Waals surface area contributed by atoms with E-state index in [4.69, 9.17) is 0 Å². The fraction of sp³-hybridized carbons (Fsp3) is 0.643. The van der Waals surface area contributed by atoms with Crippen molar-refractivity contribution in [1.82, 2.24) is 9.88 Å². The molecule has 1 saturated carbocycles. The van der Waals surface area contributed by atoms with Crippen LogP contribution in [0.1, 0.15) is 68.5 Å². The summed E-state index contributed by atoms with van der Waals surface area (Å²) in [5.41, 5.74) is 2.04. The summed E-state index contributed by atoms with van der Waals surface area (Å²) in [4.78, 5) is 12.0. The maximum Gasteiger partial charge on any atom is 0.253 e. The van der Waals surface area contributed by atoms with Crippen molar-refractivity contribution in [2.24, 2.45) is 0 Å². The van der Waals surface area contributed by atoms with Crippen LogP contribution in [0.3, 0.4) is 0 Å². The first-order valence-corrected chi connectivity index (χ1v) is 6.51. The summed E-state index contributed by atoms with van der Waals surface area (Å²) >= 11 is 0. The third-order valence-corrected chi connectivity index (χ3v) is 3.20. The van der Waals surface area contributed by atoms with Crippen molar-refractivity contribution in [2.45, 2.75) is 58.5 Å². The van der Waals surface area contributed by atoms with Gasteiger partial charge in [-0.05, 0) is 38.7 Å². The first-order valence-electron chi connectivity index (χ1n) is 6.51. The minimum atomic E-state index is 0.0776. The highest BCUT2D eigenvalue weighted by Crippen LogP contribution is 2.24. The molecular weight excluding hydrogens is 212 g/mol. The molecule has 0 aromatic carbocycles. The quantitative estimate of drug-likeness (QED) is 0.853. The van der Waals surface area contributed by atoms with Gasteiger partial charge in [0.2, 0.25) is 0 Å². The molecule has 3 nitrogen and oxygen atoms in total. The second-order valence-electron chi connectivity index (χ2n) is 5.56. The van der Waals surface area contributed by atoms with E-state index >= 15 is 0 Å². The third kappa shape index (κ3) is 2.71. The summed E-state index contributed by atoms with van der Waals surface area (Å²) in [6, 6.07) is 2.85. The molecule has 0 spiro atoms. The Morgan fingerprint density at radius 1 is 1.35 bits per heavy atom. The summed E-state index contributed by atoms with van der Waals surface area (Å²) in [6.07, 6.45) is 4.25. The van der Waals surface area contributed by atoms with E-state index in [1.165, 1.54) is 5.69 Å². The van der Waals surface area contributed by atoms with Crippen LogP contribution in [0.15, 0.2) is 12.3 Å². The normalized spacial score (nSPS) is 15.6. The van der Waals surface area contributed by atoms with Gasteiger partial charge in [-0.3, -0.25) is 4.79 Å². The van der Waals surface area contributed by atoms with Crippen molar-refractivity contribution in [3.05, 3.63) is 23.5 Å². The number of hydrogen-bond donors (Lipinski definition) is 1. The van der Waals surface area contributed by atoms with E-state index in [2.05, 4.69) is 37.6 Å². The zero-order valence-electron chi connectivity index (χ0n) is 11.2. The van der Waals surface area contributed by atoms with Crippen LogP contribution in [0, 0.1) is 0 Å². The van der Waals surface area contributed by atoms with Crippen LogP contribution >= 0.6 is 0 Å². The Bertz CT molecular complexity index is 388. The molecule has 0 unspecified atom stereocenters. The highest BCUT2D eigenvalue weighted by Gasteiger charge is 2.25. The average Bonchev–Trinajstić information content (AvgIpc) is 2.93. The monoisotopic (exact) mass is 234 g/mol. The topological polar surface area (TPSA) is 34.0 Å². The second-order valence-corrected chi connectivity index (χ2v) is 5.56. The van der Waals surface area contributed by atoms with E-state index in [1.54, 1.807) is 0 Å². The number of carbonyl (C=O) groups is 1.